The molecule has 6 heteroatoms. The predicted molar refractivity (Wildman–Crippen MR) is 99.7 cm³/mol. The average Bonchev–Trinajstić information content (AvgIpc) is 2.59. The van der Waals surface area contributed by atoms with Crippen LogP contribution in [0.4, 0.5) is 0 Å². The fourth-order valence-electron chi connectivity index (χ4n) is 2.30. The molecule has 0 aliphatic rings. The molecule has 0 aliphatic heterocycles. The van der Waals surface area contributed by atoms with Gasteiger partial charge >= 0.3 is 0 Å². The minimum atomic E-state index is 0.0492. The summed E-state index contributed by atoms with van der Waals surface area (Å²) in [5.41, 5.74) is 12.2. The Morgan fingerprint density at radius 2 is 1.36 bits per heavy atom. The third-order valence-electron chi connectivity index (χ3n) is 3.69. The lowest BCUT2D eigenvalue weighted by Crippen LogP contribution is -2.14. The minimum absolute atomic E-state index is 0.0492. The first-order valence-corrected chi connectivity index (χ1v) is 8.14. The van der Waals surface area contributed by atoms with Gasteiger partial charge in [0.05, 0.1) is 12.7 Å². The van der Waals surface area contributed by atoms with E-state index in [0.29, 0.717) is 17.7 Å². The van der Waals surface area contributed by atoms with E-state index >= 15 is 0 Å². The van der Waals surface area contributed by atoms with Gasteiger partial charge in [0.15, 0.2) is 0 Å². The second kappa shape index (κ2) is 8.73. The SMILES string of the molecule is CC(CCCOc1ccc(C(=N)N)cc1)Oc1ccc(C(=N)N)cc1. The van der Waals surface area contributed by atoms with Gasteiger partial charge < -0.3 is 20.9 Å². The van der Waals surface area contributed by atoms with E-state index in [4.69, 9.17) is 31.8 Å². The summed E-state index contributed by atoms with van der Waals surface area (Å²) in [5, 5.41) is 14.7. The summed E-state index contributed by atoms with van der Waals surface area (Å²) < 4.78 is 11.5. The number of hydrogen-bond donors (Lipinski definition) is 4. The molecule has 1 atom stereocenters. The van der Waals surface area contributed by atoms with Crippen LogP contribution in [0.2, 0.25) is 0 Å². The van der Waals surface area contributed by atoms with Crippen molar-refractivity contribution >= 4 is 11.7 Å². The van der Waals surface area contributed by atoms with E-state index in [9.17, 15) is 0 Å². The fraction of sp³-hybridized carbons (Fsp3) is 0.263. The van der Waals surface area contributed by atoms with E-state index in [1.807, 2.05) is 31.2 Å². The Morgan fingerprint density at radius 1 is 0.880 bits per heavy atom. The molecule has 0 heterocycles. The number of hydrogen-bond acceptors (Lipinski definition) is 4. The van der Waals surface area contributed by atoms with Crippen molar-refractivity contribution in [3.8, 4) is 11.5 Å². The maximum atomic E-state index is 7.37. The molecule has 0 saturated carbocycles. The van der Waals surface area contributed by atoms with Crippen LogP contribution in [0, 0.1) is 10.8 Å². The van der Waals surface area contributed by atoms with Crippen LogP contribution in [-0.2, 0) is 0 Å². The molecule has 132 valence electrons. The van der Waals surface area contributed by atoms with Crippen molar-refractivity contribution in [3.05, 3.63) is 59.7 Å². The molecule has 2 aromatic rings. The topological polar surface area (TPSA) is 118 Å². The van der Waals surface area contributed by atoms with E-state index < -0.39 is 0 Å². The van der Waals surface area contributed by atoms with Crippen LogP contribution in [0.25, 0.3) is 0 Å². The monoisotopic (exact) mass is 340 g/mol. The molecule has 2 rings (SSSR count). The predicted octanol–water partition coefficient (Wildman–Crippen LogP) is 2.88. The Hall–Kier alpha value is -3.02. The van der Waals surface area contributed by atoms with Crippen molar-refractivity contribution in [3.63, 3.8) is 0 Å². The molecule has 0 saturated heterocycles. The normalized spacial score (nSPS) is 11.6. The van der Waals surface area contributed by atoms with Crippen molar-refractivity contribution in [1.82, 2.24) is 0 Å². The number of ether oxygens (including phenoxy) is 2. The number of nitrogens with two attached hydrogens (primary N) is 2. The number of benzene rings is 2. The molecule has 0 fully saturated rings. The summed E-state index contributed by atoms with van der Waals surface area (Å²) in [6.45, 7) is 2.61. The molecule has 1 unspecified atom stereocenters. The lowest BCUT2D eigenvalue weighted by Gasteiger charge is -2.15. The first-order valence-electron chi connectivity index (χ1n) is 8.14. The summed E-state index contributed by atoms with van der Waals surface area (Å²) in [6.07, 6.45) is 1.79. The van der Waals surface area contributed by atoms with Gasteiger partial charge in [0, 0.05) is 11.1 Å². The highest BCUT2D eigenvalue weighted by molar-refractivity contribution is 5.95. The second-order valence-corrected chi connectivity index (χ2v) is 5.80. The molecular formula is C19H24N4O2. The van der Waals surface area contributed by atoms with Gasteiger partial charge in [0.25, 0.3) is 0 Å². The van der Waals surface area contributed by atoms with Gasteiger partial charge in [0.2, 0.25) is 0 Å². The lowest BCUT2D eigenvalue weighted by atomic mass is 10.2. The van der Waals surface area contributed by atoms with E-state index in [1.54, 1.807) is 24.3 Å². The highest BCUT2D eigenvalue weighted by atomic mass is 16.5. The number of rotatable bonds is 9. The zero-order valence-electron chi connectivity index (χ0n) is 14.3. The van der Waals surface area contributed by atoms with Crippen molar-refractivity contribution in [1.29, 1.82) is 10.8 Å². The smallest absolute Gasteiger partial charge is 0.122 e. The Bertz CT molecular complexity index is 711. The third-order valence-corrected chi connectivity index (χ3v) is 3.69. The van der Waals surface area contributed by atoms with E-state index in [2.05, 4.69) is 0 Å². The van der Waals surface area contributed by atoms with Gasteiger partial charge in [-0.2, -0.15) is 0 Å². The summed E-state index contributed by atoms with van der Waals surface area (Å²) in [5.74, 6) is 1.62. The fourth-order valence-corrected chi connectivity index (χ4v) is 2.30. The van der Waals surface area contributed by atoms with Crippen molar-refractivity contribution in [2.45, 2.75) is 25.9 Å². The Labute approximate surface area is 147 Å². The Kier molecular flexibility index (Phi) is 6.39. The van der Waals surface area contributed by atoms with E-state index in [-0.39, 0.29) is 17.8 Å². The Balaban J connectivity index is 1.70. The number of nitrogens with one attached hydrogen (secondary N) is 2. The molecule has 6 nitrogen and oxygen atoms in total. The zero-order valence-corrected chi connectivity index (χ0v) is 14.3. The van der Waals surface area contributed by atoms with Crippen molar-refractivity contribution in [2.24, 2.45) is 11.5 Å². The molecule has 0 aromatic heterocycles. The molecule has 0 spiro atoms. The maximum Gasteiger partial charge on any atom is 0.122 e. The van der Waals surface area contributed by atoms with Gasteiger partial charge in [-0.3, -0.25) is 10.8 Å². The average molecular weight is 340 g/mol. The summed E-state index contributed by atoms with van der Waals surface area (Å²) in [7, 11) is 0. The minimum Gasteiger partial charge on any atom is -0.494 e. The number of nitrogen functional groups attached to an aromatic ring is 2. The Morgan fingerprint density at radius 3 is 1.84 bits per heavy atom. The molecule has 6 N–H and O–H groups in total. The van der Waals surface area contributed by atoms with Crippen LogP contribution in [-0.4, -0.2) is 24.4 Å². The standard InChI is InChI=1S/C19H24N4O2/c1-13(25-17-10-6-15(7-11-17)19(22)23)3-2-12-24-16-8-4-14(5-9-16)18(20)21/h4-11,13H,2-3,12H2,1H3,(H3,20,21)(H3,22,23). The lowest BCUT2D eigenvalue weighted by molar-refractivity contribution is 0.193. The van der Waals surface area contributed by atoms with Crippen LogP contribution >= 0.6 is 0 Å². The van der Waals surface area contributed by atoms with Crippen LogP contribution in [0.3, 0.4) is 0 Å². The van der Waals surface area contributed by atoms with Crippen molar-refractivity contribution in [2.75, 3.05) is 6.61 Å². The van der Waals surface area contributed by atoms with Crippen LogP contribution in [0.1, 0.15) is 30.9 Å². The highest BCUT2D eigenvalue weighted by Crippen LogP contribution is 2.16. The first kappa shape index (κ1) is 18.3. The first-order chi connectivity index (χ1) is 12.0. The van der Waals surface area contributed by atoms with Gasteiger partial charge in [-0.25, -0.2) is 0 Å². The van der Waals surface area contributed by atoms with Gasteiger partial charge in [-0.15, -0.1) is 0 Å². The molecule has 2 aromatic carbocycles. The van der Waals surface area contributed by atoms with Crippen LogP contribution < -0.4 is 20.9 Å². The van der Waals surface area contributed by atoms with E-state index in [1.165, 1.54) is 0 Å². The van der Waals surface area contributed by atoms with Crippen LogP contribution in [0.5, 0.6) is 11.5 Å². The zero-order chi connectivity index (χ0) is 18.2. The molecule has 0 amide bonds. The maximum absolute atomic E-state index is 7.37. The molecule has 0 radical (unpaired) electrons. The largest absolute Gasteiger partial charge is 0.494 e. The van der Waals surface area contributed by atoms with Crippen molar-refractivity contribution < 1.29 is 9.47 Å². The molecule has 0 bridgehead atoms. The van der Waals surface area contributed by atoms with Gasteiger partial charge in [0.1, 0.15) is 23.2 Å². The molecular weight excluding hydrogens is 316 g/mol. The van der Waals surface area contributed by atoms with E-state index in [0.717, 1.165) is 24.3 Å². The summed E-state index contributed by atoms with van der Waals surface area (Å²) in [6, 6.07) is 14.4. The van der Waals surface area contributed by atoms with Crippen LogP contribution in [0.15, 0.2) is 48.5 Å². The highest BCUT2D eigenvalue weighted by Gasteiger charge is 2.05. The third kappa shape index (κ3) is 5.84. The molecule has 0 aliphatic carbocycles. The quantitative estimate of drug-likeness (QED) is 0.319. The van der Waals surface area contributed by atoms with Gasteiger partial charge in [-0.05, 0) is 68.3 Å². The van der Waals surface area contributed by atoms with Gasteiger partial charge in [-0.1, -0.05) is 0 Å². The summed E-state index contributed by atoms with van der Waals surface area (Å²) >= 11 is 0. The second-order valence-electron chi connectivity index (χ2n) is 5.80. The summed E-state index contributed by atoms with van der Waals surface area (Å²) in [4.78, 5) is 0. The number of amidine groups is 2. The molecule has 25 heavy (non-hydrogen) atoms.